The summed E-state index contributed by atoms with van der Waals surface area (Å²) in [6.45, 7) is -0.640. The predicted octanol–water partition coefficient (Wildman–Crippen LogP) is 2.98. The summed E-state index contributed by atoms with van der Waals surface area (Å²) in [5, 5.41) is 11.5. The Morgan fingerprint density at radius 3 is 2.26 bits per heavy atom. The standard InChI is InChI=1S/C17H14F3N3O3S/c1-27(25,26)23(15-5-3-2-4-12(15)10-21)11-16(24)22-14-8-6-13(7-9-14)17(18,19)20/h2-9H,11H2,1H3,(H,22,24). The van der Waals surface area contributed by atoms with E-state index in [-0.39, 0.29) is 16.9 Å². The Morgan fingerprint density at radius 1 is 1.15 bits per heavy atom. The summed E-state index contributed by atoms with van der Waals surface area (Å²) in [4.78, 5) is 12.2. The first-order valence-electron chi connectivity index (χ1n) is 7.46. The number of alkyl halides is 3. The van der Waals surface area contributed by atoms with Gasteiger partial charge in [-0.3, -0.25) is 9.10 Å². The molecule has 0 saturated heterocycles. The van der Waals surface area contributed by atoms with Crippen LogP contribution >= 0.6 is 0 Å². The summed E-state index contributed by atoms with van der Waals surface area (Å²) in [6.07, 6.45) is -3.62. The molecule has 0 unspecified atom stereocenters. The molecule has 1 N–H and O–H groups in total. The van der Waals surface area contributed by atoms with Crippen molar-refractivity contribution in [1.82, 2.24) is 0 Å². The molecule has 0 atom stereocenters. The smallest absolute Gasteiger partial charge is 0.325 e. The number of amides is 1. The summed E-state index contributed by atoms with van der Waals surface area (Å²) in [5.41, 5.74) is -0.702. The van der Waals surface area contributed by atoms with Crippen LogP contribution in [0.25, 0.3) is 0 Å². The molecule has 0 aromatic heterocycles. The second-order valence-electron chi connectivity index (χ2n) is 5.52. The lowest BCUT2D eigenvalue weighted by molar-refractivity contribution is -0.137. The van der Waals surface area contributed by atoms with Gasteiger partial charge in [-0.25, -0.2) is 8.42 Å². The van der Waals surface area contributed by atoms with Gasteiger partial charge in [-0.05, 0) is 36.4 Å². The second kappa shape index (κ2) is 7.67. The first kappa shape index (κ1) is 20.3. The van der Waals surface area contributed by atoms with Gasteiger partial charge in [0.1, 0.15) is 12.6 Å². The molecule has 2 aromatic rings. The fourth-order valence-corrected chi connectivity index (χ4v) is 3.11. The molecular weight excluding hydrogens is 383 g/mol. The second-order valence-corrected chi connectivity index (χ2v) is 7.43. The van der Waals surface area contributed by atoms with Gasteiger partial charge in [-0.2, -0.15) is 18.4 Å². The van der Waals surface area contributed by atoms with E-state index in [1.54, 1.807) is 6.07 Å². The normalized spacial score (nSPS) is 11.5. The Labute approximate surface area is 153 Å². The molecule has 0 bridgehead atoms. The first-order chi connectivity index (χ1) is 12.5. The fraction of sp³-hybridized carbons (Fsp3) is 0.176. The summed E-state index contributed by atoms with van der Waals surface area (Å²) in [6, 6.07) is 11.4. The van der Waals surface area contributed by atoms with Crippen molar-refractivity contribution < 1.29 is 26.4 Å². The van der Waals surface area contributed by atoms with Crippen molar-refractivity contribution in [1.29, 1.82) is 5.26 Å². The molecule has 0 spiro atoms. The van der Waals surface area contributed by atoms with Crippen LogP contribution < -0.4 is 9.62 Å². The van der Waals surface area contributed by atoms with Gasteiger partial charge in [-0.1, -0.05) is 12.1 Å². The van der Waals surface area contributed by atoms with Crippen LogP contribution in [0.4, 0.5) is 24.5 Å². The van der Waals surface area contributed by atoms with Gasteiger partial charge in [0.2, 0.25) is 15.9 Å². The average Bonchev–Trinajstić information content (AvgIpc) is 2.58. The highest BCUT2D eigenvalue weighted by molar-refractivity contribution is 7.92. The molecule has 0 fully saturated rings. The molecule has 0 aliphatic carbocycles. The highest BCUT2D eigenvalue weighted by Gasteiger charge is 2.30. The molecule has 0 saturated carbocycles. The van der Waals surface area contributed by atoms with Crippen LogP contribution in [0.2, 0.25) is 0 Å². The van der Waals surface area contributed by atoms with E-state index in [4.69, 9.17) is 5.26 Å². The quantitative estimate of drug-likeness (QED) is 0.840. The number of halogens is 3. The highest BCUT2D eigenvalue weighted by atomic mass is 32.2. The maximum absolute atomic E-state index is 12.6. The largest absolute Gasteiger partial charge is 0.416 e. The van der Waals surface area contributed by atoms with Crippen molar-refractivity contribution in [2.45, 2.75) is 6.18 Å². The van der Waals surface area contributed by atoms with E-state index in [2.05, 4.69) is 5.32 Å². The van der Waals surface area contributed by atoms with Crippen LogP contribution in [0.15, 0.2) is 48.5 Å². The molecule has 10 heteroatoms. The number of nitrogens with one attached hydrogen (secondary N) is 1. The van der Waals surface area contributed by atoms with E-state index in [9.17, 15) is 26.4 Å². The summed E-state index contributed by atoms with van der Waals surface area (Å²) >= 11 is 0. The third-order valence-corrected chi connectivity index (χ3v) is 4.60. The summed E-state index contributed by atoms with van der Waals surface area (Å²) in [5.74, 6) is -0.770. The Bertz CT molecular complexity index is 981. The van der Waals surface area contributed by atoms with E-state index in [1.807, 2.05) is 6.07 Å². The number of nitrogens with zero attached hydrogens (tertiary/aromatic N) is 2. The van der Waals surface area contributed by atoms with Crippen molar-refractivity contribution in [2.75, 3.05) is 22.4 Å². The number of carbonyl (C=O) groups excluding carboxylic acids is 1. The van der Waals surface area contributed by atoms with Crippen LogP contribution in [0, 0.1) is 11.3 Å². The van der Waals surface area contributed by atoms with Crippen LogP contribution in [0.3, 0.4) is 0 Å². The van der Waals surface area contributed by atoms with Gasteiger partial charge in [-0.15, -0.1) is 0 Å². The van der Waals surface area contributed by atoms with Crippen molar-refractivity contribution >= 4 is 27.3 Å². The van der Waals surface area contributed by atoms with Crippen molar-refractivity contribution in [3.63, 3.8) is 0 Å². The van der Waals surface area contributed by atoms with Crippen molar-refractivity contribution in [3.8, 4) is 6.07 Å². The molecule has 27 heavy (non-hydrogen) atoms. The number of anilines is 2. The zero-order valence-electron chi connectivity index (χ0n) is 14.0. The van der Waals surface area contributed by atoms with Crippen LogP contribution in [0.1, 0.15) is 11.1 Å². The minimum atomic E-state index is -4.50. The van der Waals surface area contributed by atoms with E-state index >= 15 is 0 Å². The molecule has 0 heterocycles. The van der Waals surface area contributed by atoms with E-state index in [1.165, 1.54) is 18.2 Å². The fourth-order valence-electron chi connectivity index (χ4n) is 2.24. The highest BCUT2D eigenvalue weighted by Crippen LogP contribution is 2.30. The number of sulfonamides is 1. The van der Waals surface area contributed by atoms with E-state index in [0.717, 1.165) is 34.8 Å². The lowest BCUT2D eigenvalue weighted by Crippen LogP contribution is -2.37. The third kappa shape index (κ3) is 5.21. The van der Waals surface area contributed by atoms with Crippen molar-refractivity contribution in [2.24, 2.45) is 0 Å². The Hall–Kier alpha value is -3.06. The van der Waals surface area contributed by atoms with E-state index < -0.39 is 34.2 Å². The number of para-hydroxylation sites is 1. The minimum absolute atomic E-state index is 0.0325. The topological polar surface area (TPSA) is 90.3 Å². The van der Waals surface area contributed by atoms with Gasteiger partial charge < -0.3 is 5.32 Å². The van der Waals surface area contributed by atoms with Crippen LogP contribution in [-0.2, 0) is 21.0 Å². The zero-order valence-corrected chi connectivity index (χ0v) is 14.8. The molecule has 2 aromatic carbocycles. The Balaban J connectivity index is 2.21. The minimum Gasteiger partial charge on any atom is -0.325 e. The van der Waals surface area contributed by atoms with Gasteiger partial charge in [0.15, 0.2) is 0 Å². The molecule has 0 aliphatic heterocycles. The number of benzene rings is 2. The monoisotopic (exact) mass is 397 g/mol. The molecule has 0 radical (unpaired) electrons. The lowest BCUT2D eigenvalue weighted by Gasteiger charge is -2.22. The molecule has 0 aliphatic rings. The van der Waals surface area contributed by atoms with Crippen LogP contribution in [0.5, 0.6) is 0 Å². The maximum Gasteiger partial charge on any atom is 0.416 e. The molecule has 2 rings (SSSR count). The molecule has 1 amide bonds. The Morgan fingerprint density at radius 2 is 1.74 bits per heavy atom. The lowest BCUT2D eigenvalue weighted by atomic mass is 10.2. The average molecular weight is 397 g/mol. The number of rotatable bonds is 5. The van der Waals surface area contributed by atoms with Gasteiger partial charge in [0, 0.05) is 5.69 Å². The number of hydrogen-bond donors (Lipinski definition) is 1. The van der Waals surface area contributed by atoms with E-state index in [0.29, 0.717) is 0 Å². The molecular formula is C17H14F3N3O3S. The number of hydrogen-bond acceptors (Lipinski definition) is 4. The first-order valence-corrected chi connectivity index (χ1v) is 9.31. The number of carbonyl (C=O) groups is 1. The molecule has 6 nitrogen and oxygen atoms in total. The third-order valence-electron chi connectivity index (χ3n) is 3.48. The Kier molecular flexibility index (Phi) is 5.75. The van der Waals surface area contributed by atoms with Gasteiger partial charge in [0.25, 0.3) is 0 Å². The summed E-state index contributed by atoms with van der Waals surface area (Å²) in [7, 11) is -3.89. The number of nitriles is 1. The van der Waals surface area contributed by atoms with Crippen LogP contribution in [-0.4, -0.2) is 27.1 Å². The van der Waals surface area contributed by atoms with Gasteiger partial charge in [0.05, 0.1) is 23.1 Å². The predicted molar refractivity (Wildman–Crippen MR) is 93.4 cm³/mol. The SMILES string of the molecule is CS(=O)(=O)N(CC(=O)Nc1ccc(C(F)(F)F)cc1)c1ccccc1C#N. The summed E-state index contributed by atoms with van der Waals surface area (Å²) < 4.78 is 62.5. The zero-order chi connectivity index (χ0) is 20.2. The van der Waals surface area contributed by atoms with Gasteiger partial charge >= 0.3 is 6.18 Å². The molecule has 142 valence electrons. The maximum atomic E-state index is 12.6. The van der Waals surface area contributed by atoms with Crippen molar-refractivity contribution in [3.05, 3.63) is 59.7 Å².